The van der Waals surface area contributed by atoms with Gasteiger partial charge in [-0.05, 0) is 46.5 Å². The van der Waals surface area contributed by atoms with Crippen LogP contribution in [-0.4, -0.2) is 12.6 Å². The summed E-state index contributed by atoms with van der Waals surface area (Å²) in [6.07, 6.45) is 14.1. The summed E-state index contributed by atoms with van der Waals surface area (Å²) >= 11 is 0. The number of allylic oxidation sites excluding steroid dienone is 3. The highest BCUT2D eigenvalue weighted by Crippen LogP contribution is 2.17. The maximum absolute atomic E-state index is 3.66. The highest BCUT2D eigenvalue weighted by Gasteiger charge is 2.11. The SMILES string of the molecule is CC(C)=CCCC(C)=CCNC1CCCCC1. The van der Waals surface area contributed by atoms with E-state index in [4.69, 9.17) is 0 Å². The molecule has 0 heterocycles. The maximum atomic E-state index is 3.66. The van der Waals surface area contributed by atoms with Crippen molar-refractivity contribution in [2.75, 3.05) is 6.54 Å². The summed E-state index contributed by atoms with van der Waals surface area (Å²) in [5, 5.41) is 3.66. The monoisotopic (exact) mass is 235 g/mol. The van der Waals surface area contributed by atoms with E-state index in [1.165, 1.54) is 56.1 Å². The molecular weight excluding hydrogens is 206 g/mol. The van der Waals surface area contributed by atoms with Crippen molar-refractivity contribution < 1.29 is 0 Å². The van der Waals surface area contributed by atoms with Gasteiger partial charge < -0.3 is 5.32 Å². The molecule has 17 heavy (non-hydrogen) atoms. The summed E-state index contributed by atoms with van der Waals surface area (Å²) < 4.78 is 0. The fraction of sp³-hybridized carbons (Fsp3) is 0.750. The average molecular weight is 235 g/mol. The minimum absolute atomic E-state index is 0.783. The van der Waals surface area contributed by atoms with Crippen LogP contribution in [0.15, 0.2) is 23.3 Å². The zero-order chi connectivity index (χ0) is 12.5. The smallest absolute Gasteiger partial charge is 0.0140 e. The van der Waals surface area contributed by atoms with Gasteiger partial charge in [0.25, 0.3) is 0 Å². The first kappa shape index (κ1) is 14.5. The molecule has 0 unspecified atom stereocenters. The first-order chi connectivity index (χ1) is 8.18. The van der Waals surface area contributed by atoms with Gasteiger partial charge in [-0.15, -0.1) is 0 Å². The zero-order valence-corrected chi connectivity index (χ0v) is 11.9. The molecule has 1 aliphatic rings. The Morgan fingerprint density at radius 3 is 2.41 bits per heavy atom. The molecule has 1 aliphatic carbocycles. The van der Waals surface area contributed by atoms with E-state index in [2.05, 4.69) is 38.2 Å². The summed E-state index contributed by atoms with van der Waals surface area (Å²) in [5.74, 6) is 0. The van der Waals surface area contributed by atoms with Gasteiger partial charge in [0.2, 0.25) is 0 Å². The van der Waals surface area contributed by atoms with Gasteiger partial charge in [-0.2, -0.15) is 0 Å². The van der Waals surface area contributed by atoms with Crippen LogP contribution in [0.3, 0.4) is 0 Å². The Bertz CT molecular complexity index is 253. The minimum atomic E-state index is 0.783. The first-order valence-electron chi connectivity index (χ1n) is 7.21. The van der Waals surface area contributed by atoms with E-state index in [0.717, 1.165) is 12.6 Å². The minimum Gasteiger partial charge on any atom is -0.311 e. The molecular formula is C16H29N. The van der Waals surface area contributed by atoms with Gasteiger partial charge in [-0.3, -0.25) is 0 Å². The van der Waals surface area contributed by atoms with Crippen LogP contribution >= 0.6 is 0 Å². The Kier molecular flexibility index (Phi) is 7.27. The second-order valence-corrected chi connectivity index (χ2v) is 5.61. The summed E-state index contributed by atoms with van der Waals surface area (Å²) in [6.45, 7) is 7.65. The van der Waals surface area contributed by atoms with E-state index in [1.807, 2.05) is 0 Å². The number of rotatable bonds is 6. The Hall–Kier alpha value is -0.560. The summed E-state index contributed by atoms with van der Waals surface area (Å²) in [5.41, 5.74) is 2.95. The summed E-state index contributed by atoms with van der Waals surface area (Å²) in [4.78, 5) is 0. The van der Waals surface area contributed by atoms with Crippen molar-refractivity contribution in [3.8, 4) is 0 Å². The van der Waals surface area contributed by atoms with Crippen molar-refractivity contribution in [2.24, 2.45) is 0 Å². The molecule has 0 atom stereocenters. The largest absolute Gasteiger partial charge is 0.311 e. The summed E-state index contributed by atoms with van der Waals surface area (Å²) in [7, 11) is 0. The molecule has 0 aromatic rings. The van der Waals surface area contributed by atoms with E-state index in [9.17, 15) is 0 Å². The molecule has 1 saturated carbocycles. The van der Waals surface area contributed by atoms with Crippen molar-refractivity contribution in [3.63, 3.8) is 0 Å². The van der Waals surface area contributed by atoms with Crippen LogP contribution in [0.1, 0.15) is 65.7 Å². The van der Waals surface area contributed by atoms with E-state index < -0.39 is 0 Å². The van der Waals surface area contributed by atoms with Gasteiger partial charge in [-0.1, -0.05) is 42.6 Å². The first-order valence-corrected chi connectivity index (χ1v) is 7.21. The van der Waals surface area contributed by atoms with Gasteiger partial charge in [-0.25, -0.2) is 0 Å². The molecule has 0 spiro atoms. The third-order valence-electron chi connectivity index (χ3n) is 3.55. The van der Waals surface area contributed by atoms with Crippen molar-refractivity contribution in [3.05, 3.63) is 23.3 Å². The molecule has 1 rings (SSSR count). The van der Waals surface area contributed by atoms with Gasteiger partial charge in [0.1, 0.15) is 0 Å². The van der Waals surface area contributed by atoms with Crippen molar-refractivity contribution in [1.29, 1.82) is 0 Å². The third-order valence-corrected chi connectivity index (χ3v) is 3.55. The third kappa shape index (κ3) is 7.38. The van der Waals surface area contributed by atoms with Crippen LogP contribution in [-0.2, 0) is 0 Å². The lowest BCUT2D eigenvalue weighted by Crippen LogP contribution is -2.31. The Balaban J connectivity index is 2.12. The lowest BCUT2D eigenvalue weighted by Gasteiger charge is -2.22. The topological polar surface area (TPSA) is 12.0 Å². The number of hydrogen-bond donors (Lipinski definition) is 1. The molecule has 1 fully saturated rings. The quantitative estimate of drug-likeness (QED) is 0.663. The number of hydrogen-bond acceptors (Lipinski definition) is 1. The van der Waals surface area contributed by atoms with Crippen LogP contribution in [0, 0.1) is 0 Å². The molecule has 0 aromatic heterocycles. The van der Waals surface area contributed by atoms with Gasteiger partial charge in [0.05, 0.1) is 0 Å². The van der Waals surface area contributed by atoms with Crippen molar-refractivity contribution in [1.82, 2.24) is 5.32 Å². The fourth-order valence-corrected chi connectivity index (χ4v) is 2.40. The van der Waals surface area contributed by atoms with Gasteiger partial charge in [0, 0.05) is 12.6 Å². The van der Waals surface area contributed by atoms with E-state index in [0.29, 0.717) is 0 Å². The lowest BCUT2D eigenvalue weighted by molar-refractivity contribution is 0.385. The normalized spacial score (nSPS) is 18.2. The van der Waals surface area contributed by atoms with E-state index in [-0.39, 0.29) is 0 Å². The Morgan fingerprint density at radius 2 is 1.76 bits per heavy atom. The van der Waals surface area contributed by atoms with Crippen molar-refractivity contribution >= 4 is 0 Å². The van der Waals surface area contributed by atoms with Crippen molar-refractivity contribution in [2.45, 2.75) is 71.8 Å². The second-order valence-electron chi connectivity index (χ2n) is 5.61. The molecule has 1 heteroatoms. The second kappa shape index (κ2) is 8.52. The Labute approximate surface area is 107 Å². The molecule has 0 bridgehead atoms. The Morgan fingerprint density at radius 1 is 1.06 bits per heavy atom. The average Bonchev–Trinajstić information content (AvgIpc) is 2.30. The van der Waals surface area contributed by atoms with E-state index in [1.54, 1.807) is 0 Å². The standard InChI is InChI=1S/C16H29N/c1-14(2)8-7-9-15(3)12-13-17-16-10-5-4-6-11-16/h8,12,16-17H,4-7,9-11,13H2,1-3H3. The van der Waals surface area contributed by atoms with Crippen LogP contribution in [0.4, 0.5) is 0 Å². The predicted octanol–water partition coefficient (Wildman–Crippen LogP) is 4.60. The van der Waals surface area contributed by atoms with Crippen LogP contribution < -0.4 is 5.32 Å². The van der Waals surface area contributed by atoms with E-state index >= 15 is 0 Å². The molecule has 0 amide bonds. The molecule has 98 valence electrons. The van der Waals surface area contributed by atoms with Gasteiger partial charge in [0.15, 0.2) is 0 Å². The molecule has 0 aromatic carbocycles. The zero-order valence-electron chi connectivity index (χ0n) is 11.9. The molecule has 0 saturated heterocycles. The highest BCUT2D eigenvalue weighted by atomic mass is 14.9. The van der Waals surface area contributed by atoms with Crippen LogP contribution in [0.5, 0.6) is 0 Å². The van der Waals surface area contributed by atoms with Crippen LogP contribution in [0.2, 0.25) is 0 Å². The highest BCUT2D eigenvalue weighted by molar-refractivity contribution is 5.03. The van der Waals surface area contributed by atoms with Gasteiger partial charge >= 0.3 is 0 Å². The maximum Gasteiger partial charge on any atom is 0.0140 e. The molecule has 0 radical (unpaired) electrons. The lowest BCUT2D eigenvalue weighted by atomic mass is 9.95. The fourth-order valence-electron chi connectivity index (χ4n) is 2.40. The number of nitrogens with one attached hydrogen (secondary N) is 1. The molecule has 0 aliphatic heterocycles. The predicted molar refractivity (Wildman–Crippen MR) is 77.3 cm³/mol. The molecule has 1 nitrogen and oxygen atoms in total. The van der Waals surface area contributed by atoms with Crippen LogP contribution in [0.25, 0.3) is 0 Å². The summed E-state index contributed by atoms with van der Waals surface area (Å²) in [6, 6.07) is 0.783. The molecule has 1 N–H and O–H groups in total.